The number of carbonyl (C=O) groups is 1. The number of aliphatic hydroxyl groups is 1. The molecule has 0 amide bonds. The molecule has 0 aromatic carbocycles. The third kappa shape index (κ3) is 2.91. The van der Waals surface area contributed by atoms with E-state index in [0.717, 1.165) is 6.42 Å². The molecule has 120 valence electrons. The molecule has 0 spiro atoms. The standard InChI is InChI=1S/C13H18F2O5S/c14-13(15,21-20-18)7-19-10(16)11-2-8-1-9(3-11)5-12(17,4-8)6-11/h8-9,17-18H,1-7H2. The minimum absolute atomic E-state index is 0.277. The summed E-state index contributed by atoms with van der Waals surface area (Å²) in [4.78, 5) is 12.3. The van der Waals surface area contributed by atoms with Gasteiger partial charge in [0.05, 0.1) is 11.0 Å². The molecule has 8 heteroatoms. The molecule has 4 fully saturated rings. The Bertz CT molecular complexity index is 430. The van der Waals surface area contributed by atoms with Crippen molar-refractivity contribution >= 4 is 18.0 Å². The van der Waals surface area contributed by atoms with E-state index in [1.54, 1.807) is 0 Å². The second-order valence-corrected chi connectivity index (χ2v) is 7.75. The molecule has 0 aromatic rings. The molecular formula is C13H18F2O5S. The van der Waals surface area contributed by atoms with Crippen molar-refractivity contribution in [3.8, 4) is 0 Å². The van der Waals surface area contributed by atoms with Gasteiger partial charge in [-0.25, -0.2) is 5.26 Å². The number of halogens is 2. The predicted molar refractivity (Wildman–Crippen MR) is 69.3 cm³/mol. The molecule has 2 N–H and O–H groups in total. The highest BCUT2D eigenvalue weighted by Crippen LogP contribution is 2.62. The lowest BCUT2D eigenvalue weighted by Gasteiger charge is -2.58. The Morgan fingerprint density at radius 1 is 1.29 bits per heavy atom. The molecule has 4 saturated carbocycles. The Balaban J connectivity index is 1.67. The van der Waals surface area contributed by atoms with Gasteiger partial charge >= 0.3 is 11.2 Å². The lowest BCUT2D eigenvalue weighted by Crippen LogP contribution is -2.58. The van der Waals surface area contributed by atoms with Crippen LogP contribution in [0, 0.1) is 17.3 Å². The van der Waals surface area contributed by atoms with Gasteiger partial charge in [-0.2, -0.15) is 13.1 Å². The molecule has 0 aromatic heterocycles. The van der Waals surface area contributed by atoms with Crippen LogP contribution >= 0.6 is 12.0 Å². The lowest BCUT2D eigenvalue weighted by molar-refractivity contribution is -0.199. The summed E-state index contributed by atoms with van der Waals surface area (Å²) in [6, 6.07) is 0. The Labute approximate surface area is 125 Å². The number of carbonyl (C=O) groups excluding carboxylic acids is 1. The monoisotopic (exact) mass is 324 g/mol. The highest BCUT2D eigenvalue weighted by atomic mass is 32.2. The van der Waals surface area contributed by atoms with E-state index in [0.29, 0.717) is 32.1 Å². The fourth-order valence-corrected chi connectivity index (χ4v) is 5.05. The Morgan fingerprint density at radius 2 is 1.90 bits per heavy atom. The smallest absolute Gasteiger partial charge is 0.354 e. The summed E-state index contributed by atoms with van der Waals surface area (Å²) in [6.07, 6.45) is 3.92. The first-order chi connectivity index (χ1) is 9.76. The summed E-state index contributed by atoms with van der Waals surface area (Å²) in [6.45, 7) is -1.15. The zero-order valence-corrected chi connectivity index (χ0v) is 12.2. The van der Waals surface area contributed by atoms with Gasteiger partial charge in [-0.05, 0) is 50.4 Å². The van der Waals surface area contributed by atoms with Crippen LogP contribution in [0.3, 0.4) is 0 Å². The van der Waals surface area contributed by atoms with Gasteiger partial charge < -0.3 is 9.84 Å². The first-order valence-corrected chi connectivity index (χ1v) is 7.77. The third-order valence-electron chi connectivity index (χ3n) is 4.99. The van der Waals surface area contributed by atoms with Gasteiger partial charge in [0.1, 0.15) is 12.0 Å². The van der Waals surface area contributed by atoms with Crippen LogP contribution in [-0.4, -0.2) is 33.8 Å². The molecule has 4 aliphatic rings. The second kappa shape index (κ2) is 5.04. The highest BCUT2D eigenvalue weighted by Gasteiger charge is 2.61. The number of alkyl halides is 2. The van der Waals surface area contributed by atoms with Crippen LogP contribution < -0.4 is 0 Å². The van der Waals surface area contributed by atoms with Crippen molar-refractivity contribution < 1.29 is 33.0 Å². The largest absolute Gasteiger partial charge is 0.458 e. The van der Waals surface area contributed by atoms with Gasteiger partial charge in [0.2, 0.25) is 0 Å². The van der Waals surface area contributed by atoms with Gasteiger partial charge in [-0.15, -0.1) is 0 Å². The van der Waals surface area contributed by atoms with E-state index in [1.165, 1.54) is 0 Å². The summed E-state index contributed by atoms with van der Waals surface area (Å²) in [5, 5.41) is 15.1. The molecule has 4 bridgehead atoms. The minimum Gasteiger partial charge on any atom is -0.458 e. The van der Waals surface area contributed by atoms with Crippen LogP contribution in [0.15, 0.2) is 0 Å². The number of hydrogen-bond acceptors (Lipinski definition) is 6. The number of ether oxygens (including phenoxy) is 1. The van der Waals surface area contributed by atoms with E-state index < -0.39 is 40.9 Å². The molecule has 0 heterocycles. The molecule has 0 saturated heterocycles. The summed E-state index contributed by atoms with van der Waals surface area (Å²) >= 11 is -0.453. The van der Waals surface area contributed by atoms with Crippen LogP contribution in [-0.2, 0) is 13.9 Å². The predicted octanol–water partition coefficient (Wildman–Crippen LogP) is 2.59. The molecule has 21 heavy (non-hydrogen) atoms. The average molecular weight is 324 g/mol. The average Bonchev–Trinajstić information content (AvgIpc) is 2.32. The SMILES string of the molecule is O=C(OCC(F)(F)SOO)C12CC3CC(CC(O)(C3)C1)C2. The van der Waals surface area contributed by atoms with Crippen LogP contribution in [0.2, 0.25) is 0 Å². The molecule has 2 atom stereocenters. The Morgan fingerprint density at radius 3 is 2.43 bits per heavy atom. The van der Waals surface area contributed by atoms with Crippen molar-refractivity contribution in [1.82, 2.24) is 0 Å². The van der Waals surface area contributed by atoms with Gasteiger partial charge in [0.25, 0.3) is 0 Å². The second-order valence-electron chi connectivity index (χ2n) is 6.84. The first kappa shape index (κ1) is 15.5. The van der Waals surface area contributed by atoms with Gasteiger partial charge in [0, 0.05) is 0 Å². The Kier molecular flexibility index (Phi) is 3.71. The maximum atomic E-state index is 13.2. The topological polar surface area (TPSA) is 76.0 Å². The summed E-state index contributed by atoms with van der Waals surface area (Å²) in [5.74, 6) is -0.104. The van der Waals surface area contributed by atoms with E-state index in [4.69, 9.17) is 9.99 Å². The maximum Gasteiger partial charge on any atom is 0.354 e. The van der Waals surface area contributed by atoms with Crippen molar-refractivity contribution in [3.05, 3.63) is 0 Å². The fourth-order valence-electron chi connectivity index (χ4n) is 4.83. The molecule has 0 radical (unpaired) electrons. The summed E-state index contributed by atoms with van der Waals surface area (Å²) in [5.41, 5.74) is -1.66. The molecular weight excluding hydrogens is 306 g/mol. The first-order valence-electron chi connectivity index (χ1n) is 7.03. The summed E-state index contributed by atoms with van der Waals surface area (Å²) < 4.78 is 34.5. The highest BCUT2D eigenvalue weighted by molar-refractivity contribution is 7.95. The van der Waals surface area contributed by atoms with Crippen LogP contribution in [0.1, 0.15) is 38.5 Å². The fraction of sp³-hybridized carbons (Fsp3) is 0.923. The molecule has 0 aliphatic heterocycles. The quantitative estimate of drug-likeness (QED) is 0.350. The van der Waals surface area contributed by atoms with Crippen molar-refractivity contribution in [3.63, 3.8) is 0 Å². The number of hydrogen-bond donors (Lipinski definition) is 2. The van der Waals surface area contributed by atoms with E-state index >= 15 is 0 Å². The van der Waals surface area contributed by atoms with Gasteiger partial charge in [0.15, 0.2) is 6.61 Å². The van der Waals surface area contributed by atoms with Gasteiger partial charge in [-0.3, -0.25) is 4.79 Å². The Hall–Kier alpha value is -0.440. The molecule has 4 aliphatic carbocycles. The van der Waals surface area contributed by atoms with E-state index in [1.807, 2.05) is 0 Å². The van der Waals surface area contributed by atoms with Crippen LogP contribution in [0.25, 0.3) is 0 Å². The van der Waals surface area contributed by atoms with Crippen molar-refractivity contribution in [2.24, 2.45) is 17.3 Å². The van der Waals surface area contributed by atoms with Crippen LogP contribution in [0.5, 0.6) is 0 Å². The van der Waals surface area contributed by atoms with E-state index in [9.17, 15) is 18.7 Å². The number of esters is 1. The van der Waals surface area contributed by atoms with E-state index in [2.05, 4.69) is 4.33 Å². The number of rotatable bonds is 5. The van der Waals surface area contributed by atoms with Crippen molar-refractivity contribution in [2.45, 2.75) is 49.4 Å². The lowest BCUT2D eigenvalue weighted by atomic mass is 9.48. The van der Waals surface area contributed by atoms with Crippen molar-refractivity contribution in [2.75, 3.05) is 6.61 Å². The summed E-state index contributed by atoms with van der Waals surface area (Å²) in [7, 11) is 0. The zero-order chi connectivity index (χ0) is 15.3. The van der Waals surface area contributed by atoms with Crippen molar-refractivity contribution in [1.29, 1.82) is 0 Å². The van der Waals surface area contributed by atoms with Gasteiger partial charge in [-0.1, -0.05) is 0 Å². The zero-order valence-electron chi connectivity index (χ0n) is 11.4. The minimum atomic E-state index is -3.50. The molecule has 2 unspecified atom stereocenters. The maximum absolute atomic E-state index is 13.2. The molecule has 4 rings (SSSR count). The van der Waals surface area contributed by atoms with E-state index in [-0.39, 0.29) is 11.8 Å². The third-order valence-corrected chi connectivity index (χ3v) is 5.43. The normalized spacial score (nSPS) is 41.3. The van der Waals surface area contributed by atoms with Crippen LogP contribution in [0.4, 0.5) is 8.78 Å². The molecule has 5 nitrogen and oxygen atoms in total.